The molecule has 5 unspecified atom stereocenters. The quantitative estimate of drug-likeness (QED) is 0.0311. The maximum atomic E-state index is 14.6. The normalized spacial score (nSPS) is 19.2. The van der Waals surface area contributed by atoms with Gasteiger partial charge in [-0.2, -0.15) is 0 Å². The van der Waals surface area contributed by atoms with E-state index in [9.17, 15) is 63.3 Å². The summed E-state index contributed by atoms with van der Waals surface area (Å²) in [6.07, 6.45) is -0.660. The topological polar surface area (TPSA) is 358 Å². The lowest BCUT2D eigenvalue weighted by Crippen LogP contribution is -2.60. The molecule has 25 nitrogen and oxygen atoms in total. The highest BCUT2D eigenvalue weighted by Gasteiger charge is 2.44. The largest absolute Gasteiger partial charge is 0.481 e. The van der Waals surface area contributed by atoms with Crippen molar-refractivity contribution in [2.75, 3.05) is 54.5 Å². The number of likely N-dealkylation sites (N-methyl/N-ethyl adjacent to an activating group) is 2. The lowest BCUT2D eigenvalue weighted by atomic mass is 9.89. The fraction of sp³-hybridized carbons (Fsp3) is 0.831. The molecule has 0 saturated carbocycles. The second kappa shape index (κ2) is 38.9. The van der Waals surface area contributed by atoms with Gasteiger partial charge in [-0.05, 0) is 77.2 Å². The Morgan fingerprint density at radius 2 is 1.38 bits per heavy atom. The lowest BCUT2D eigenvalue weighted by molar-refractivity contribution is -0.148. The van der Waals surface area contributed by atoms with Gasteiger partial charge in [-0.3, -0.25) is 52.8 Å². The molecule has 1 rings (SSSR count). The summed E-state index contributed by atoms with van der Waals surface area (Å²) >= 11 is 3.28. The number of nitrogens with one attached hydrogen (secondary N) is 6. The van der Waals surface area contributed by atoms with Gasteiger partial charge in [0.2, 0.25) is 47.3 Å². The van der Waals surface area contributed by atoms with Crippen LogP contribution in [0.1, 0.15) is 154 Å². The Balaban J connectivity index is 3.27. The molecule has 0 aromatic rings. The van der Waals surface area contributed by atoms with Gasteiger partial charge in [-0.25, -0.2) is 0 Å². The van der Waals surface area contributed by atoms with E-state index in [2.05, 4.69) is 68.3 Å². The molecule has 0 bridgehead atoms. The number of alkyl halides is 1. The number of amides is 8. The van der Waals surface area contributed by atoms with Crippen LogP contribution in [0.2, 0.25) is 0 Å². The molecule has 1 fully saturated rings. The summed E-state index contributed by atoms with van der Waals surface area (Å²) in [5.41, 5.74) is 5.80. The predicted octanol–water partition coefficient (Wildman–Crippen LogP) is 2.86. The number of hydrogen-bond acceptors (Lipinski definition) is 16. The number of carbonyl (C=O) groups excluding carboxylic acids is 8. The third-order valence-corrected chi connectivity index (χ3v) is 18.7. The number of thioether (sulfide) groups is 1. The number of likely N-dealkylation sites (tertiary alicyclic amines) is 1. The number of nitrogens with two attached hydrogens (primary N) is 1. The summed E-state index contributed by atoms with van der Waals surface area (Å²) in [4.78, 5) is 140. The fourth-order valence-electron chi connectivity index (χ4n) is 10.9. The number of halogens is 1. The van der Waals surface area contributed by atoms with Crippen molar-refractivity contribution < 1.29 is 72.7 Å². The molecular weight excluding hydrogens is 1250 g/mol. The number of carboxylic acid groups (broad SMARTS) is 2. The van der Waals surface area contributed by atoms with Crippen molar-refractivity contribution in [2.24, 2.45) is 35.3 Å². The summed E-state index contributed by atoms with van der Waals surface area (Å²) in [6, 6.07) is -7.82. The van der Waals surface area contributed by atoms with Crippen LogP contribution in [0.4, 0.5) is 0 Å². The molecule has 0 aromatic heterocycles. The second-order valence-electron chi connectivity index (χ2n) is 24.2. The third-order valence-electron chi connectivity index (χ3n) is 16.1. The molecule has 86 heavy (non-hydrogen) atoms. The number of rotatable bonds is 41. The Bertz CT molecular complexity index is 2220. The highest BCUT2D eigenvalue weighted by atomic mass is 127. The van der Waals surface area contributed by atoms with Crippen molar-refractivity contribution >= 4 is 93.5 Å². The molecule has 0 aromatic carbocycles. The Morgan fingerprint density at radius 3 is 1.88 bits per heavy atom. The molecule has 1 aliphatic heterocycles. The summed E-state index contributed by atoms with van der Waals surface area (Å²) in [6.45, 7) is 24.6. The molecule has 11 N–H and O–H groups in total. The van der Waals surface area contributed by atoms with Gasteiger partial charge in [0.15, 0.2) is 0 Å². The Hall–Kier alpha value is -4.42. The zero-order valence-corrected chi connectivity index (χ0v) is 57.1. The zero-order valence-electron chi connectivity index (χ0n) is 54.2. The second-order valence-corrected chi connectivity index (χ2v) is 29.0. The summed E-state index contributed by atoms with van der Waals surface area (Å²) in [5, 5.41) is 44.9. The monoisotopic (exact) mass is 1350 g/mol. The minimum atomic E-state index is -1.66. The maximum Gasteiger partial charge on any atom is 0.317 e. The van der Waals surface area contributed by atoms with Crippen molar-refractivity contribution in [1.82, 2.24) is 46.6 Å². The van der Waals surface area contributed by atoms with Gasteiger partial charge < -0.3 is 72.2 Å². The Labute approximate surface area is 528 Å². The van der Waals surface area contributed by atoms with Crippen LogP contribution in [0.25, 0.3) is 0 Å². The predicted molar refractivity (Wildman–Crippen MR) is 339 cm³/mol. The smallest absolute Gasteiger partial charge is 0.317 e. The molecule has 16 atom stereocenters. The van der Waals surface area contributed by atoms with Crippen LogP contribution in [0.15, 0.2) is 0 Å². The Morgan fingerprint density at radius 1 is 0.767 bits per heavy atom. The molecule has 8 amide bonds. The van der Waals surface area contributed by atoms with E-state index in [4.69, 9.17) is 15.2 Å². The average Bonchev–Trinajstić information content (AvgIpc) is 1.76. The van der Waals surface area contributed by atoms with Crippen molar-refractivity contribution in [1.29, 1.82) is 0 Å². The van der Waals surface area contributed by atoms with Gasteiger partial charge in [0, 0.05) is 66.3 Å². The maximum absolute atomic E-state index is 14.6. The van der Waals surface area contributed by atoms with Crippen LogP contribution < -0.4 is 37.6 Å². The summed E-state index contributed by atoms with van der Waals surface area (Å²) in [5.74, 6) is -8.50. The van der Waals surface area contributed by atoms with Crippen molar-refractivity contribution in [3.8, 4) is 0 Å². The van der Waals surface area contributed by atoms with E-state index in [0.29, 0.717) is 44.7 Å². The van der Waals surface area contributed by atoms with E-state index in [1.165, 1.54) is 28.1 Å². The Kier molecular flexibility index (Phi) is 36.0. The van der Waals surface area contributed by atoms with Gasteiger partial charge in [-0.15, -0.1) is 11.8 Å². The molecule has 496 valence electrons. The first kappa shape index (κ1) is 79.6. The van der Waals surface area contributed by atoms with E-state index in [0.717, 1.165) is 24.6 Å². The molecule has 27 heteroatoms. The van der Waals surface area contributed by atoms with Crippen LogP contribution in [0.3, 0.4) is 0 Å². The highest BCUT2D eigenvalue weighted by molar-refractivity contribution is 14.1. The minimum Gasteiger partial charge on any atom is -0.481 e. The highest BCUT2D eigenvalue weighted by Crippen LogP contribution is 2.41. The number of methoxy groups -OCH3 is 2. The summed E-state index contributed by atoms with van der Waals surface area (Å²) < 4.78 is 11.6. The fourth-order valence-corrected chi connectivity index (χ4v) is 13.6. The van der Waals surface area contributed by atoms with Crippen molar-refractivity contribution in [3.63, 3.8) is 0 Å². The number of aliphatic carboxylic acids is 2. The van der Waals surface area contributed by atoms with E-state index < -0.39 is 141 Å². The van der Waals surface area contributed by atoms with Crippen molar-refractivity contribution in [3.05, 3.63) is 0 Å². The van der Waals surface area contributed by atoms with Gasteiger partial charge in [-0.1, -0.05) is 111 Å². The molecule has 0 radical (unpaired) electrons. The number of carboxylic acids is 2. The molecular formula is C59H107IN10O15S. The van der Waals surface area contributed by atoms with Gasteiger partial charge in [0.1, 0.15) is 29.4 Å². The van der Waals surface area contributed by atoms with Crippen LogP contribution in [0.5, 0.6) is 0 Å². The summed E-state index contributed by atoms with van der Waals surface area (Å²) in [7, 11) is 6.48. The number of nitrogens with zero attached hydrogens (tertiary/aromatic N) is 3. The SMILES string of the molecule is CCCC(C)(I)SC(CC(=O)N[C@@H](CN)C(=O)NC[C@@H](C)NC(=O)[C@H](CCC(=O)O)NC(=O)[C@@H](NC(=O)[C@H](C)C(OC)[C@@H]1CCCN1C(=O)C[C@@H](OC)[C@H]([C@@H](C)CC)N(C)C(=O)[C@@H](NC(=O)[C@H](C(C)C)N(C)CC(C)CC)C(C)C)C(C)O)C(=O)O. The van der Waals surface area contributed by atoms with E-state index in [1.807, 2.05) is 67.3 Å². The first-order valence-corrected chi connectivity index (χ1v) is 32.3. The van der Waals surface area contributed by atoms with Crippen molar-refractivity contribution in [2.45, 2.75) is 229 Å². The van der Waals surface area contributed by atoms with Crippen LogP contribution in [-0.2, 0) is 57.4 Å². The van der Waals surface area contributed by atoms with E-state index >= 15 is 0 Å². The number of aliphatic hydroxyl groups is 1. The molecule has 0 spiro atoms. The number of carbonyl (C=O) groups is 10. The number of aliphatic hydroxyl groups excluding tert-OH is 1. The van der Waals surface area contributed by atoms with Gasteiger partial charge in [0.25, 0.3) is 0 Å². The standard InChI is InChI=1S/C59H107IN10O15S/c1-18-25-59(13,60)86-43(58(82)83)28-44(72)64-40(29-61)53(77)62-30-36(10)63-54(78)39(23-24-46(74)75)65-55(79)48(38(12)71)67-52(76)37(11)51(85-17)41-22-21-26-70(41)45(73)27-42(84-16)50(35(9)20-3)69(15)57(81)47(32(4)5)66-56(80)49(33(6)7)68(14)31-34(8)19-2/h32-43,47-51,71H,18-31,61H2,1-17H3,(H,62,77)(H,63,78)(H,64,72)(H,65,79)(H,66,80)(H,67,76)(H,74,75)(H,82,83)/t34?,35-,36+,37+,38?,39-,40-,41-,42+,43?,47-,48-,49-,50-,51?,59?/m0/s1. The average molecular weight is 1360 g/mol. The molecule has 1 heterocycles. The third kappa shape index (κ3) is 25.6. The number of hydrogen-bond donors (Lipinski definition) is 10. The molecule has 1 aliphatic rings. The minimum absolute atomic E-state index is 0.0311. The van der Waals surface area contributed by atoms with Crippen LogP contribution >= 0.6 is 34.4 Å². The molecule has 0 aliphatic carbocycles. The number of ether oxygens (including phenoxy) is 2. The first-order valence-electron chi connectivity index (χ1n) is 30.4. The van der Waals surface area contributed by atoms with Gasteiger partial charge >= 0.3 is 11.9 Å². The van der Waals surface area contributed by atoms with Gasteiger partial charge in [0.05, 0.1) is 51.5 Å². The first-order chi connectivity index (χ1) is 40.1. The van der Waals surface area contributed by atoms with Crippen LogP contribution in [-0.4, -0.2) is 218 Å². The van der Waals surface area contributed by atoms with E-state index in [-0.39, 0.29) is 55.0 Å². The van der Waals surface area contributed by atoms with E-state index in [1.54, 1.807) is 23.8 Å². The molecule has 1 saturated heterocycles. The zero-order chi connectivity index (χ0) is 66.1. The lowest BCUT2D eigenvalue weighted by Gasteiger charge is -2.41. The van der Waals surface area contributed by atoms with Crippen LogP contribution in [0, 0.1) is 29.6 Å².